The molecule has 2 aromatic rings. The number of fused-ring (bicyclic) bond motifs is 1. The van der Waals surface area contributed by atoms with E-state index in [0.29, 0.717) is 0 Å². The molecule has 0 saturated carbocycles. The van der Waals surface area contributed by atoms with Crippen molar-refractivity contribution >= 4 is 42.6 Å². The van der Waals surface area contributed by atoms with Gasteiger partial charge in [0.25, 0.3) is 0 Å². The molecule has 17 heavy (non-hydrogen) atoms. The molecule has 0 aliphatic carbocycles. The molecule has 0 amide bonds. The minimum Gasteiger partial charge on any atom is -0.361 e. The summed E-state index contributed by atoms with van der Waals surface area (Å²) < 4.78 is 2.32. The molecule has 0 saturated heterocycles. The molecule has 0 bridgehead atoms. The number of nitrogens with one attached hydrogen (secondary N) is 1. The van der Waals surface area contributed by atoms with Gasteiger partial charge in [-0.3, -0.25) is 0 Å². The number of benzene rings is 1. The third kappa shape index (κ3) is 3.19. The number of rotatable bonds is 5. The maximum Gasteiger partial charge on any atom is 0.183 e. The van der Waals surface area contributed by atoms with Crippen molar-refractivity contribution in [3.8, 4) is 0 Å². The minimum absolute atomic E-state index is 0.744. The average molecular weight is 313 g/mol. The van der Waals surface area contributed by atoms with Crippen LogP contribution >= 0.6 is 27.3 Å². The Labute approximate surface area is 115 Å². The minimum atomic E-state index is 0.744. The Hall–Kier alpha value is -0.610. The van der Waals surface area contributed by atoms with Crippen molar-refractivity contribution in [2.75, 3.05) is 11.9 Å². The van der Waals surface area contributed by atoms with Gasteiger partial charge in [-0.15, -0.1) is 0 Å². The lowest BCUT2D eigenvalue weighted by Gasteiger charge is -2.11. The Bertz CT molecular complexity index is 491. The zero-order valence-electron chi connectivity index (χ0n) is 10.2. The van der Waals surface area contributed by atoms with Gasteiger partial charge in [0, 0.05) is 11.0 Å². The molecule has 1 aromatic carbocycles. The smallest absolute Gasteiger partial charge is 0.183 e. The van der Waals surface area contributed by atoms with Crippen LogP contribution in [0.5, 0.6) is 0 Å². The van der Waals surface area contributed by atoms with Gasteiger partial charge in [0.2, 0.25) is 0 Å². The molecule has 0 aliphatic rings. The van der Waals surface area contributed by atoms with Gasteiger partial charge in [0.15, 0.2) is 5.13 Å². The van der Waals surface area contributed by atoms with Gasteiger partial charge in [-0.2, -0.15) is 0 Å². The Morgan fingerprint density at radius 1 is 1.35 bits per heavy atom. The van der Waals surface area contributed by atoms with Gasteiger partial charge >= 0.3 is 0 Å². The third-order valence-electron chi connectivity index (χ3n) is 3.05. The summed E-state index contributed by atoms with van der Waals surface area (Å²) in [5.41, 5.74) is 1.07. The third-order valence-corrected chi connectivity index (χ3v) is 4.53. The fourth-order valence-electron chi connectivity index (χ4n) is 1.79. The first kappa shape index (κ1) is 12.8. The number of nitrogens with zero attached hydrogens (tertiary/aromatic N) is 1. The van der Waals surface area contributed by atoms with Crippen molar-refractivity contribution in [1.82, 2.24) is 4.98 Å². The fraction of sp³-hybridized carbons (Fsp3) is 0.462. The lowest BCUT2D eigenvalue weighted by Crippen LogP contribution is -2.12. The van der Waals surface area contributed by atoms with Crippen molar-refractivity contribution < 1.29 is 0 Å². The van der Waals surface area contributed by atoms with E-state index in [4.69, 9.17) is 0 Å². The van der Waals surface area contributed by atoms with Gasteiger partial charge < -0.3 is 5.32 Å². The summed E-state index contributed by atoms with van der Waals surface area (Å²) >= 11 is 5.20. The summed E-state index contributed by atoms with van der Waals surface area (Å²) in [4.78, 5) is 4.59. The predicted molar refractivity (Wildman–Crippen MR) is 79.9 cm³/mol. The first-order chi connectivity index (χ1) is 8.22. The highest BCUT2D eigenvalue weighted by molar-refractivity contribution is 9.10. The number of thiazole rings is 1. The Kier molecular flexibility index (Phi) is 4.40. The van der Waals surface area contributed by atoms with Gasteiger partial charge in [-0.1, -0.05) is 54.0 Å². The van der Waals surface area contributed by atoms with Crippen LogP contribution in [0.1, 0.15) is 26.7 Å². The van der Waals surface area contributed by atoms with Crippen LogP contribution in [0.15, 0.2) is 22.7 Å². The van der Waals surface area contributed by atoms with Crippen molar-refractivity contribution in [1.29, 1.82) is 0 Å². The SMILES string of the molecule is CCC(CC)CNc1nc2cc(Br)ccc2s1. The van der Waals surface area contributed by atoms with Crippen LogP contribution < -0.4 is 5.32 Å². The Morgan fingerprint density at radius 2 is 2.12 bits per heavy atom. The molecule has 0 spiro atoms. The molecule has 2 rings (SSSR count). The summed E-state index contributed by atoms with van der Waals surface area (Å²) in [5.74, 6) is 0.744. The van der Waals surface area contributed by atoms with Crippen molar-refractivity contribution in [2.24, 2.45) is 5.92 Å². The second-order valence-electron chi connectivity index (χ2n) is 4.19. The van der Waals surface area contributed by atoms with Crippen molar-refractivity contribution in [2.45, 2.75) is 26.7 Å². The van der Waals surface area contributed by atoms with E-state index in [9.17, 15) is 0 Å². The predicted octanol–water partition coefficient (Wildman–Crippen LogP) is 4.91. The molecule has 1 heterocycles. The molecule has 0 unspecified atom stereocenters. The summed E-state index contributed by atoms with van der Waals surface area (Å²) in [6.45, 7) is 5.50. The lowest BCUT2D eigenvalue weighted by molar-refractivity contribution is 0.519. The number of aromatic nitrogens is 1. The van der Waals surface area contributed by atoms with E-state index in [1.165, 1.54) is 17.5 Å². The zero-order valence-corrected chi connectivity index (χ0v) is 12.6. The molecule has 2 nitrogen and oxygen atoms in total. The molecular weight excluding hydrogens is 296 g/mol. The lowest BCUT2D eigenvalue weighted by atomic mass is 10.0. The van der Waals surface area contributed by atoms with Crippen LogP contribution in [-0.4, -0.2) is 11.5 Å². The van der Waals surface area contributed by atoms with Gasteiger partial charge in [-0.05, 0) is 24.1 Å². The maximum absolute atomic E-state index is 4.59. The largest absolute Gasteiger partial charge is 0.361 e. The van der Waals surface area contributed by atoms with E-state index >= 15 is 0 Å². The molecule has 0 fully saturated rings. The van der Waals surface area contributed by atoms with Crippen LogP contribution in [0.4, 0.5) is 5.13 Å². The van der Waals surface area contributed by atoms with Crippen molar-refractivity contribution in [3.05, 3.63) is 22.7 Å². The molecule has 92 valence electrons. The first-order valence-corrected chi connectivity index (χ1v) is 7.63. The first-order valence-electron chi connectivity index (χ1n) is 6.02. The van der Waals surface area contributed by atoms with Crippen LogP contribution in [0, 0.1) is 5.92 Å². The van der Waals surface area contributed by atoms with Gasteiger partial charge in [0.05, 0.1) is 10.2 Å². The molecule has 0 aliphatic heterocycles. The summed E-state index contributed by atoms with van der Waals surface area (Å²) in [6, 6.07) is 6.23. The highest BCUT2D eigenvalue weighted by Crippen LogP contribution is 2.28. The topological polar surface area (TPSA) is 24.9 Å². The fourth-order valence-corrected chi connectivity index (χ4v) is 2.99. The van der Waals surface area contributed by atoms with Crippen LogP contribution in [-0.2, 0) is 0 Å². The summed E-state index contributed by atoms with van der Waals surface area (Å²) in [7, 11) is 0. The van der Waals surface area contributed by atoms with E-state index in [2.05, 4.69) is 58.3 Å². The quantitative estimate of drug-likeness (QED) is 0.848. The number of hydrogen-bond donors (Lipinski definition) is 1. The second-order valence-corrected chi connectivity index (χ2v) is 6.14. The molecule has 4 heteroatoms. The van der Waals surface area contributed by atoms with Crippen molar-refractivity contribution in [3.63, 3.8) is 0 Å². The van der Waals surface area contributed by atoms with Gasteiger partial charge in [-0.25, -0.2) is 4.98 Å². The average Bonchev–Trinajstić information content (AvgIpc) is 2.72. The number of halogens is 1. The maximum atomic E-state index is 4.59. The normalized spacial score (nSPS) is 11.3. The van der Waals surface area contributed by atoms with E-state index < -0.39 is 0 Å². The van der Waals surface area contributed by atoms with E-state index in [1.54, 1.807) is 11.3 Å². The Balaban J connectivity index is 2.09. The van der Waals surface area contributed by atoms with Crippen LogP contribution in [0.2, 0.25) is 0 Å². The van der Waals surface area contributed by atoms with Gasteiger partial charge in [0.1, 0.15) is 0 Å². The molecular formula is C13H17BrN2S. The highest BCUT2D eigenvalue weighted by Gasteiger charge is 2.06. The number of hydrogen-bond acceptors (Lipinski definition) is 3. The van der Waals surface area contributed by atoms with E-state index in [1.807, 2.05) is 0 Å². The second kappa shape index (κ2) is 5.83. The standard InChI is InChI=1S/C13H17BrN2S/c1-3-9(4-2)8-15-13-16-11-7-10(14)5-6-12(11)17-13/h5-7,9H,3-4,8H2,1-2H3,(H,15,16). The van der Waals surface area contributed by atoms with Crippen LogP contribution in [0.3, 0.4) is 0 Å². The Morgan fingerprint density at radius 3 is 2.82 bits per heavy atom. The van der Waals surface area contributed by atoms with E-state index in [0.717, 1.165) is 27.6 Å². The summed E-state index contributed by atoms with van der Waals surface area (Å²) in [5, 5.41) is 4.48. The van der Waals surface area contributed by atoms with E-state index in [-0.39, 0.29) is 0 Å². The summed E-state index contributed by atoms with van der Waals surface area (Å²) in [6.07, 6.45) is 2.44. The number of anilines is 1. The zero-order chi connectivity index (χ0) is 12.3. The molecule has 1 aromatic heterocycles. The molecule has 1 N–H and O–H groups in total. The molecule has 0 atom stereocenters. The molecule has 0 radical (unpaired) electrons. The van der Waals surface area contributed by atoms with Crippen LogP contribution in [0.25, 0.3) is 10.2 Å². The monoisotopic (exact) mass is 312 g/mol. The highest BCUT2D eigenvalue weighted by atomic mass is 79.9.